The first-order chi connectivity index (χ1) is 13.4. The topological polar surface area (TPSA) is 40.6 Å². The van der Waals surface area contributed by atoms with E-state index in [1.807, 2.05) is 13.0 Å². The van der Waals surface area contributed by atoms with Crippen molar-refractivity contribution < 1.29 is 8.42 Å². The van der Waals surface area contributed by atoms with Gasteiger partial charge in [0.1, 0.15) is 0 Å². The summed E-state index contributed by atoms with van der Waals surface area (Å²) in [4.78, 5) is 2.43. The lowest BCUT2D eigenvalue weighted by Crippen LogP contribution is -2.50. The predicted octanol–water partition coefficient (Wildman–Crippen LogP) is 4.14. The molecule has 1 saturated heterocycles. The van der Waals surface area contributed by atoms with Crippen LogP contribution in [0.1, 0.15) is 48.1 Å². The van der Waals surface area contributed by atoms with E-state index in [1.54, 1.807) is 4.31 Å². The molecule has 0 bridgehead atoms. The fraction of sp³-hybridized carbons (Fsp3) is 0.478. The summed E-state index contributed by atoms with van der Waals surface area (Å²) in [6, 6.07) is 17.3. The highest BCUT2D eigenvalue weighted by Gasteiger charge is 2.31. The summed E-state index contributed by atoms with van der Waals surface area (Å²) < 4.78 is 26.8. The smallest absolute Gasteiger partial charge is 0.214 e. The van der Waals surface area contributed by atoms with Gasteiger partial charge in [0.05, 0.1) is 11.8 Å². The molecule has 152 valence electrons. The summed E-state index contributed by atoms with van der Waals surface area (Å²) >= 11 is 0. The Morgan fingerprint density at radius 1 is 0.964 bits per heavy atom. The molecule has 1 fully saturated rings. The Balaban J connectivity index is 1.84. The van der Waals surface area contributed by atoms with Gasteiger partial charge >= 0.3 is 0 Å². The van der Waals surface area contributed by atoms with E-state index in [1.165, 1.54) is 22.3 Å². The largest absolute Gasteiger partial charge is 0.290 e. The van der Waals surface area contributed by atoms with Crippen molar-refractivity contribution in [1.29, 1.82) is 0 Å². The highest BCUT2D eigenvalue weighted by Crippen LogP contribution is 2.32. The van der Waals surface area contributed by atoms with Gasteiger partial charge in [-0.2, -0.15) is 4.31 Å². The van der Waals surface area contributed by atoms with E-state index in [0.29, 0.717) is 13.1 Å². The Morgan fingerprint density at radius 2 is 1.64 bits per heavy atom. The monoisotopic (exact) mass is 400 g/mol. The third-order valence-electron chi connectivity index (χ3n) is 5.63. The summed E-state index contributed by atoms with van der Waals surface area (Å²) in [6.45, 7) is 8.96. The molecule has 1 unspecified atom stereocenters. The molecule has 0 N–H and O–H groups in total. The molecule has 1 atom stereocenters. The first-order valence-corrected chi connectivity index (χ1v) is 11.9. The molecule has 28 heavy (non-hydrogen) atoms. The molecule has 1 heterocycles. The Bertz CT molecular complexity index is 873. The fourth-order valence-electron chi connectivity index (χ4n) is 3.97. The zero-order valence-corrected chi connectivity index (χ0v) is 18.1. The van der Waals surface area contributed by atoms with Crippen LogP contribution in [-0.4, -0.2) is 49.6 Å². The molecule has 0 aliphatic carbocycles. The van der Waals surface area contributed by atoms with E-state index in [0.717, 1.165) is 25.9 Å². The van der Waals surface area contributed by atoms with E-state index in [4.69, 9.17) is 0 Å². The second-order valence-corrected chi connectivity index (χ2v) is 9.87. The quantitative estimate of drug-likeness (QED) is 0.701. The molecule has 0 radical (unpaired) electrons. The Hall–Kier alpha value is -1.69. The summed E-state index contributed by atoms with van der Waals surface area (Å²) in [5, 5.41) is 0. The lowest BCUT2D eigenvalue weighted by atomic mass is 9.92. The molecule has 2 aromatic rings. The molecule has 5 heteroatoms. The van der Waals surface area contributed by atoms with Gasteiger partial charge in [-0.1, -0.05) is 67.4 Å². The van der Waals surface area contributed by atoms with Crippen LogP contribution >= 0.6 is 0 Å². The van der Waals surface area contributed by atoms with Gasteiger partial charge in [-0.3, -0.25) is 4.90 Å². The van der Waals surface area contributed by atoms with E-state index in [9.17, 15) is 8.42 Å². The van der Waals surface area contributed by atoms with Crippen LogP contribution in [0.5, 0.6) is 0 Å². The van der Waals surface area contributed by atoms with Crippen molar-refractivity contribution in [3.63, 3.8) is 0 Å². The van der Waals surface area contributed by atoms with Crippen LogP contribution in [0, 0.1) is 13.8 Å². The van der Waals surface area contributed by atoms with Gasteiger partial charge in [-0.25, -0.2) is 8.42 Å². The average Bonchev–Trinajstić information content (AvgIpc) is 2.70. The average molecular weight is 401 g/mol. The Morgan fingerprint density at radius 3 is 2.29 bits per heavy atom. The minimum atomic E-state index is -3.13. The first-order valence-electron chi connectivity index (χ1n) is 10.3. The van der Waals surface area contributed by atoms with Crippen LogP contribution in [0.3, 0.4) is 0 Å². The summed E-state index contributed by atoms with van der Waals surface area (Å²) in [7, 11) is -3.13. The van der Waals surface area contributed by atoms with Crippen molar-refractivity contribution in [2.24, 2.45) is 0 Å². The number of hydrogen-bond donors (Lipinski definition) is 0. The van der Waals surface area contributed by atoms with Crippen LogP contribution in [-0.2, 0) is 10.0 Å². The van der Waals surface area contributed by atoms with Crippen LogP contribution in [0.2, 0.25) is 0 Å². The highest BCUT2D eigenvalue weighted by molar-refractivity contribution is 7.89. The van der Waals surface area contributed by atoms with Crippen molar-refractivity contribution in [2.45, 2.75) is 39.7 Å². The number of nitrogens with zero attached hydrogens (tertiary/aromatic N) is 2. The number of aryl methyl sites for hydroxylation is 2. The van der Waals surface area contributed by atoms with E-state index in [2.05, 4.69) is 61.2 Å². The van der Waals surface area contributed by atoms with Gasteiger partial charge in [0, 0.05) is 26.2 Å². The third-order valence-corrected chi connectivity index (χ3v) is 7.59. The zero-order chi connectivity index (χ0) is 20.1. The summed E-state index contributed by atoms with van der Waals surface area (Å²) in [5.74, 6) is 0.266. The second-order valence-electron chi connectivity index (χ2n) is 7.78. The molecule has 0 saturated carbocycles. The molecule has 3 rings (SSSR count). The zero-order valence-electron chi connectivity index (χ0n) is 17.3. The van der Waals surface area contributed by atoms with Crippen LogP contribution in [0.4, 0.5) is 0 Å². The molecular formula is C23H32N2O2S. The molecule has 0 spiro atoms. The van der Waals surface area contributed by atoms with Crippen molar-refractivity contribution in [2.75, 3.05) is 31.9 Å². The van der Waals surface area contributed by atoms with E-state index < -0.39 is 10.0 Å². The third kappa shape index (κ3) is 4.83. The lowest BCUT2D eigenvalue weighted by molar-refractivity contribution is 0.155. The van der Waals surface area contributed by atoms with Gasteiger partial charge in [0.2, 0.25) is 10.0 Å². The summed E-state index contributed by atoms with van der Waals surface area (Å²) in [5.41, 5.74) is 5.10. The maximum Gasteiger partial charge on any atom is 0.214 e. The minimum absolute atomic E-state index is 0.154. The van der Waals surface area contributed by atoms with E-state index in [-0.39, 0.29) is 11.8 Å². The number of unbranched alkanes of at least 4 members (excludes halogenated alkanes) is 1. The first kappa shape index (κ1) is 21.0. The number of hydrogen-bond acceptors (Lipinski definition) is 3. The Labute approximate surface area is 170 Å². The predicted molar refractivity (Wildman–Crippen MR) is 116 cm³/mol. The number of piperazine rings is 1. The molecule has 1 aliphatic heterocycles. The van der Waals surface area contributed by atoms with Crippen molar-refractivity contribution in [3.8, 4) is 0 Å². The number of benzene rings is 2. The fourth-order valence-corrected chi connectivity index (χ4v) is 5.60. The molecule has 2 aromatic carbocycles. The highest BCUT2D eigenvalue weighted by atomic mass is 32.2. The maximum atomic E-state index is 12.6. The number of rotatable bonds is 7. The van der Waals surface area contributed by atoms with E-state index >= 15 is 0 Å². The molecule has 4 nitrogen and oxygen atoms in total. The number of sulfonamides is 1. The van der Waals surface area contributed by atoms with Crippen molar-refractivity contribution in [1.82, 2.24) is 9.21 Å². The van der Waals surface area contributed by atoms with Gasteiger partial charge < -0.3 is 0 Å². The van der Waals surface area contributed by atoms with Gasteiger partial charge in [-0.05, 0) is 37.0 Å². The molecule has 1 aliphatic rings. The van der Waals surface area contributed by atoms with Crippen molar-refractivity contribution in [3.05, 3.63) is 70.8 Å². The van der Waals surface area contributed by atoms with Gasteiger partial charge in [0.15, 0.2) is 0 Å². The normalized spacial score (nSPS) is 17.5. The van der Waals surface area contributed by atoms with Crippen LogP contribution in [0.25, 0.3) is 0 Å². The summed E-state index contributed by atoms with van der Waals surface area (Å²) in [6.07, 6.45) is 1.64. The van der Waals surface area contributed by atoms with Gasteiger partial charge in [-0.15, -0.1) is 0 Å². The maximum absolute atomic E-state index is 12.6. The molecule has 0 aromatic heterocycles. The van der Waals surface area contributed by atoms with Gasteiger partial charge in [0.25, 0.3) is 0 Å². The van der Waals surface area contributed by atoms with Crippen molar-refractivity contribution >= 4 is 10.0 Å². The lowest BCUT2D eigenvalue weighted by Gasteiger charge is -2.39. The standard InChI is InChI=1S/C23H32N2O2S/c1-4-5-17-28(26,27)25-15-13-24(14-16-25)23(21-9-7-6-8-10-21)22-18-19(2)11-12-20(22)3/h6-12,18,23H,4-5,13-17H2,1-3H3. The Kier molecular flexibility index (Phi) is 6.91. The molecular weight excluding hydrogens is 368 g/mol. The minimum Gasteiger partial charge on any atom is -0.290 e. The SMILES string of the molecule is CCCCS(=O)(=O)N1CCN(C(c2ccccc2)c2cc(C)ccc2C)CC1. The van der Waals surface area contributed by atoms with Crippen LogP contribution in [0.15, 0.2) is 48.5 Å². The molecule has 0 amide bonds. The second kappa shape index (κ2) is 9.21. The van der Waals surface area contributed by atoms with Crippen LogP contribution < -0.4 is 0 Å².